The lowest BCUT2D eigenvalue weighted by Gasteiger charge is -2.11. The van der Waals surface area contributed by atoms with Gasteiger partial charge in [0, 0.05) is 14.9 Å². The van der Waals surface area contributed by atoms with Crippen LogP contribution in [0.3, 0.4) is 0 Å². The number of carbonyl (C=O) groups excluding carboxylic acids is 1. The van der Waals surface area contributed by atoms with E-state index in [-0.39, 0.29) is 0 Å². The maximum atomic E-state index is 11.4. The molecule has 4 nitrogen and oxygen atoms in total. The summed E-state index contributed by atoms with van der Waals surface area (Å²) in [5, 5.41) is 3.19. The molecular formula is C14H14IN3O. The zero-order valence-corrected chi connectivity index (χ0v) is 12.6. The van der Waals surface area contributed by atoms with Crippen LogP contribution in [0.5, 0.6) is 0 Å². The van der Waals surface area contributed by atoms with Crippen LogP contribution in [0.25, 0.3) is 0 Å². The summed E-state index contributed by atoms with van der Waals surface area (Å²) in [6.07, 6.45) is 0. The Bertz CT molecular complexity index is 641. The highest BCUT2D eigenvalue weighted by Crippen LogP contribution is 2.25. The molecule has 2 aromatic rings. The Hall–Kier alpha value is -1.76. The zero-order chi connectivity index (χ0) is 14.0. The summed E-state index contributed by atoms with van der Waals surface area (Å²) in [4.78, 5) is 11.4. The number of halogens is 1. The van der Waals surface area contributed by atoms with Crippen LogP contribution in [0, 0.1) is 10.5 Å². The highest BCUT2D eigenvalue weighted by atomic mass is 127. The first-order valence-corrected chi connectivity index (χ1v) is 6.78. The summed E-state index contributed by atoms with van der Waals surface area (Å²) in [6.45, 7) is 2.05. The maximum absolute atomic E-state index is 11.4. The molecule has 0 unspecified atom stereocenters. The zero-order valence-electron chi connectivity index (χ0n) is 10.4. The number of benzene rings is 2. The largest absolute Gasteiger partial charge is 0.399 e. The second-order valence-corrected chi connectivity index (χ2v) is 5.42. The second kappa shape index (κ2) is 5.48. The van der Waals surface area contributed by atoms with E-state index >= 15 is 0 Å². The molecular weight excluding hydrogens is 353 g/mol. The van der Waals surface area contributed by atoms with E-state index in [9.17, 15) is 4.79 Å². The van der Waals surface area contributed by atoms with Crippen molar-refractivity contribution >= 4 is 45.6 Å². The minimum absolute atomic E-state index is 0.385. The van der Waals surface area contributed by atoms with E-state index in [1.54, 1.807) is 18.2 Å². The first-order valence-electron chi connectivity index (χ1n) is 5.70. The predicted molar refractivity (Wildman–Crippen MR) is 86.6 cm³/mol. The van der Waals surface area contributed by atoms with Gasteiger partial charge in [-0.2, -0.15) is 0 Å². The average Bonchev–Trinajstić information content (AvgIpc) is 2.36. The normalized spacial score (nSPS) is 10.2. The van der Waals surface area contributed by atoms with E-state index in [0.717, 1.165) is 9.26 Å². The molecule has 0 radical (unpaired) electrons. The summed E-state index contributed by atoms with van der Waals surface area (Å²) in [6, 6.07) is 11.0. The first kappa shape index (κ1) is 13.7. The first-order chi connectivity index (χ1) is 8.97. The van der Waals surface area contributed by atoms with Crippen LogP contribution in [-0.2, 0) is 0 Å². The number of hydrogen-bond donors (Lipinski definition) is 3. The molecule has 0 bridgehead atoms. The standard InChI is InChI=1S/C14H14IN3O/c1-8-2-4-10(7-12(8)15)18-13-5-3-9(16)6-11(13)14(17)19/h2-7,18H,16H2,1H3,(H2,17,19). The molecule has 0 spiro atoms. The quantitative estimate of drug-likeness (QED) is 0.576. The van der Waals surface area contributed by atoms with Crippen molar-refractivity contribution in [3.05, 3.63) is 51.1 Å². The molecule has 0 saturated carbocycles. The lowest BCUT2D eigenvalue weighted by molar-refractivity contribution is 0.100. The molecule has 0 saturated heterocycles. The molecule has 5 heteroatoms. The van der Waals surface area contributed by atoms with Gasteiger partial charge in [-0.15, -0.1) is 0 Å². The number of amides is 1. The molecule has 0 aliphatic carbocycles. The molecule has 0 aliphatic heterocycles. The smallest absolute Gasteiger partial charge is 0.250 e. The van der Waals surface area contributed by atoms with Gasteiger partial charge in [-0.3, -0.25) is 4.79 Å². The van der Waals surface area contributed by atoms with Crippen molar-refractivity contribution in [3.8, 4) is 0 Å². The summed E-state index contributed by atoms with van der Waals surface area (Å²) in [7, 11) is 0. The SMILES string of the molecule is Cc1ccc(Nc2ccc(N)cc2C(N)=O)cc1I. The molecule has 0 fully saturated rings. The lowest BCUT2D eigenvalue weighted by Crippen LogP contribution is -2.13. The van der Waals surface area contributed by atoms with Gasteiger partial charge in [0.05, 0.1) is 11.3 Å². The third-order valence-electron chi connectivity index (χ3n) is 2.76. The van der Waals surface area contributed by atoms with Gasteiger partial charge in [-0.1, -0.05) is 6.07 Å². The third kappa shape index (κ3) is 3.17. The highest BCUT2D eigenvalue weighted by molar-refractivity contribution is 14.1. The molecule has 5 N–H and O–H groups in total. The van der Waals surface area contributed by atoms with Gasteiger partial charge in [-0.05, 0) is 65.4 Å². The van der Waals surface area contributed by atoms with E-state index in [4.69, 9.17) is 11.5 Å². The molecule has 1 amide bonds. The van der Waals surface area contributed by atoms with Crippen molar-refractivity contribution in [2.75, 3.05) is 11.1 Å². The Kier molecular flexibility index (Phi) is 3.94. The Labute approximate surface area is 125 Å². The number of nitrogens with one attached hydrogen (secondary N) is 1. The van der Waals surface area contributed by atoms with Crippen LogP contribution < -0.4 is 16.8 Å². The van der Waals surface area contributed by atoms with Gasteiger partial charge < -0.3 is 16.8 Å². The van der Waals surface area contributed by atoms with Gasteiger partial charge in [-0.25, -0.2) is 0 Å². The van der Waals surface area contributed by atoms with Crippen molar-refractivity contribution in [1.29, 1.82) is 0 Å². The van der Waals surface area contributed by atoms with E-state index in [2.05, 4.69) is 27.9 Å². The Morgan fingerprint density at radius 3 is 2.58 bits per heavy atom. The van der Waals surface area contributed by atoms with Crippen molar-refractivity contribution < 1.29 is 4.79 Å². The van der Waals surface area contributed by atoms with Crippen LogP contribution in [-0.4, -0.2) is 5.91 Å². The number of anilines is 3. The summed E-state index contributed by atoms with van der Waals surface area (Å²) >= 11 is 2.27. The Morgan fingerprint density at radius 2 is 1.95 bits per heavy atom. The molecule has 2 rings (SSSR count). The van der Waals surface area contributed by atoms with Crippen LogP contribution >= 0.6 is 22.6 Å². The average molecular weight is 367 g/mol. The minimum atomic E-state index is -0.503. The second-order valence-electron chi connectivity index (χ2n) is 4.26. The van der Waals surface area contributed by atoms with Crippen molar-refractivity contribution in [2.24, 2.45) is 5.73 Å². The summed E-state index contributed by atoms with van der Waals surface area (Å²) in [5.41, 5.74) is 14.7. The number of aryl methyl sites for hydroxylation is 1. The third-order valence-corrected chi connectivity index (χ3v) is 3.92. The van der Waals surface area contributed by atoms with E-state index < -0.39 is 5.91 Å². The number of nitrogens with two attached hydrogens (primary N) is 2. The fraction of sp³-hybridized carbons (Fsp3) is 0.0714. The topological polar surface area (TPSA) is 81.1 Å². The molecule has 19 heavy (non-hydrogen) atoms. The van der Waals surface area contributed by atoms with Crippen LogP contribution in [0.15, 0.2) is 36.4 Å². The highest BCUT2D eigenvalue weighted by Gasteiger charge is 2.09. The molecule has 0 aromatic heterocycles. The number of nitrogen functional groups attached to an aromatic ring is 1. The van der Waals surface area contributed by atoms with E-state index in [1.165, 1.54) is 5.56 Å². The number of hydrogen-bond acceptors (Lipinski definition) is 3. The molecule has 0 aliphatic rings. The van der Waals surface area contributed by atoms with E-state index in [0.29, 0.717) is 16.9 Å². The monoisotopic (exact) mass is 367 g/mol. The van der Waals surface area contributed by atoms with Gasteiger partial charge >= 0.3 is 0 Å². The maximum Gasteiger partial charge on any atom is 0.250 e. The van der Waals surface area contributed by atoms with Crippen LogP contribution in [0.4, 0.5) is 17.1 Å². The van der Waals surface area contributed by atoms with Crippen LogP contribution in [0.2, 0.25) is 0 Å². The number of carbonyl (C=O) groups is 1. The summed E-state index contributed by atoms with van der Waals surface area (Å²) in [5.74, 6) is -0.503. The lowest BCUT2D eigenvalue weighted by atomic mass is 10.1. The van der Waals surface area contributed by atoms with Crippen molar-refractivity contribution in [2.45, 2.75) is 6.92 Å². The van der Waals surface area contributed by atoms with Crippen LogP contribution in [0.1, 0.15) is 15.9 Å². The molecule has 2 aromatic carbocycles. The number of primary amides is 1. The van der Waals surface area contributed by atoms with Gasteiger partial charge in [0.1, 0.15) is 0 Å². The van der Waals surface area contributed by atoms with Gasteiger partial charge in [0.2, 0.25) is 0 Å². The van der Waals surface area contributed by atoms with Gasteiger partial charge in [0.15, 0.2) is 0 Å². The Morgan fingerprint density at radius 1 is 1.21 bits per heavy atom. The fourth-order valence-electron chi connectivity index (χ4n) is 1.70. The molecule has 0 atom stereocenters. The molecule has 0 heterocycles. The fourth-order valence-corrected chi connectivity index (χ4v) is 2.22. The minimum Gasteiger partial charge on any atom is -0.399 e. The Balaban J connectivity index is 2.37. The van der Waals surface area contributed by atoms with Gasteiger partial charge in [0.25, 0.3) is 5.91 Å². The predicted octanol–water partition coefficient (Wildman–Crippen LogP) is 3.02. The summed E-state index contributed by atoms with van der Waals surface area (Å²) < 4.78 is 1.15. The number of rotatable bonds is 3. The van der Waals surface area contributed by atoms with Crippen molar-refractivity contribution in [1.82, 2.24) is 0 Å². The van der Waals surface area contributed by atoms with E-state index in [1.807, 2.05) is 25.1 Å². The molecule has 98 valence electrons. The van der Waals surface area contributed by atoms with Crippen molar-refractivity contribution in [3.63, 3.8) is 0 Å².